The van der Waals surface area contributed by atoms with Crippen molar-refractivity contribution in [1.82, 2.24) is 0 Å². The van der Waals surface area contributed by atoms with Gasteiger partial charge in [0.05, 0.1) is 0 Å². The molecule has 0 amide bonds. The fourth-order valence-corrected chi connectivity index (χ4v) is 0. The van der Waals surface area contributed by atoms with Gasteiger partial charge in [0.15, 0.2) is 0 Å². The Morgan fingerprint density at radius 2 is 1.75 bits per heavy atom. The third-order valence-electron chi connectivity index (χ3n) is 0. The van der Waals surface area contributed by atoms with Crippen molar-refractivity contribution in [3.8, 4) is 0 Å². The maximum Gasteiger partial charge on any atom is 0.0195 e. The molecule has 0 unspecified atom stereocenters. The van der Waals surface area contributed by atoms with Crippen molar-refractivity contribution in [3.05, 3.63) is 0 Å². The molecule has 2 heteroatoms. The van der Waals surface area contributed by atoms with Crippen LogP contribution in [-0.4, -0.2) is 43.6 Å². The Kier molecular flexibility index (Phi) is 20.1. The molecule has 0 aromatic carbocycles. The van der Waals surface area contributed by atoms with Crippen molar-refractivity contribution in [2.24, 2.45) is 0 Å². The van der Waals surface area contributed by atoms with Gasteiger partial charge in [-0.1, -0.05) is 6.92 Å². The quantitative estimate of drug-likeness (QED) is 0.316. The summed E-state index contributed by atoms with van der Waals surface area (Å²) >= 11 is 5.00. The Bertz CT molecular complexity index is 6.00. The van der Waals surface area contributed by atoms with E-state index in [9.17, 15) is 0 Å². The Morgan fingerprint density at radius 3 is 1.75 bits per heavy atom. The summed E-state index contributed by atoms with van der Waals surface area (Å²) in [5.74, 6) is 0.722. The van der Waals surface area contributed by atoms with Crippen LogP contribution in [0, 0.1) is 0 Å². The molecule has 0 aromatic rings. The van der Waals surface area contributed by atoms with Gasteiger partial charge in [-0.05, 0) is 0 Å². The zero-order chi connectivity index (χ0) is 2.71. The van der Waals surface area contributed by atoms with Crippen LogP contribution in [0.5, 0.6) is 0 Å². The van der Waals surface area contributed by atoms with Crippen molar-refractivity contribution in [1.29, 1.82) is 0 Å². The summed E-state index contributed by atoms with van der Waals surface area (Å²) in [5, 5.41) is 0. The second-order valence-electron chi connectivity index (χ2n) is 0.267. The minimum atomic E-state index is 0. The van der Waals surface area contributed by atoms with E-state index in [0.717, 1.165) is 5.88 Å². The monoisotopic (exact) mass is 104 g/mol. The smallest absolute Gasteiger partial charge is 0.0195 e. The molecule has 0 fully saturated rings. The first kappa shape index (κ1) is 9.12. The molecule has 0 spiro atoms. The summed E-state index contributed by atoms with van der Waals surface area (Å²) in [4.78, 5) is 0. The Hall–Kier alpha value is 1.55. The number of hydrogen-bond donors (Lipinski definition) is 0. The number of halogens is 1. The van der Waals surface area contributed by atoms with Gasteiger partial charge in [0.1, 0.15) is 0 Å². The second-order valence-corrected chi connectivity index (χ2v) is 0.802. The maximum atomic E-state index is 5.00. The van der Waals surface area contributed by atoms with E-state index in [1.165, 1.54) is 0 Å². The van der Waals surface area contributed by atoms with Crippen LogP contribution >= 0.6 is 11.6 Å². The van der Waals surface area contributed by atoms with Crippen LogP contribution in [0.2, 0.25) is 0 Å². The first-order chi connectivity index (χ1) is 1.41. The molecule has 0 atom stereocenters. The van der Waals surface area contributed by atoms with Crippen LogP contribution in [-0.2, 0) is 0 Å². The average molecular weight is 105 g/mol. The van der Waals surface area contributed by atoms with Crippen LogP contribution in [0.1, 0.15) is 6.92 Å². The maximum absolute atomic E-state index is 5.00. The molecule has 0 bridgehead atoms. The number of rotatable bonds is 0. The van der Waals surface area contributed by atoms with Crippen LogP contribution in [0.25, 0.3) is 0 Å². The van der Waals surface area contributed by atoms with Gasteiger partial charge < -0.3 is 0 Å². The summed E-state index contributed by atoms with van der Waals surface area (Å²) in [6, 6.07) is 0. The molecule has 0 heterocycles. The third kappa shape index (κ3) is 9.61. The zero-order valence-corrected chi connectivity index (χ0v) is 5.76. The summed E-state index contributed by atoms with van der Waals surface area (Å²) in [5.41, 5.74) is 0. The van der Waals surface area contributed by atoms with Crippen molar-refractivity contribution >= 4 is 49.3 Å². The van der Waals surface area contributed by atoms with Gasteiger partial charge in [0.2, 0.25) is 0 Å². The van der Waals surface area contributed by atoms with Gasteiger partial charge >= 0.3 is 0 Å². The second kappa shape index (κ2) is 8.82. The molecule has 0 aromatic heterocycles. The van der Waals surface area contributed by atoms with E-state index in [-0.39, 0.29) is 37.7 Å². The summed E-state index contributed by atoms with van der Waals surface area (Å²) in [6.07, 6.45) is 0. The van der Waals surface area contributed by atoms with E-state index in [1.807, 2.05) is 6.92 Å². The fourth-order valence-electron chi connectivity index (χ4n) is 0. The molecule has 0 saturated heterocycles. The molecule has 0 N–H and O–H groups in total. The van der Waals surface area contributed by atoms with E-state index >= 15 is 0 Å². The third-order valence-corrected chi connectivity index (χ3v) is 0. The standard InChI is InChI=1S/C2H5Cl.Ca/c1-2-3;/h2H2,1H3;. The predicted octanol–water partition coefficient (Wildman–Crippen LogP) is 0.864. The normalized spacial score (nSPS) is 4.50. The first-order valence-corrected chi connectivity index (χ1v) is 1.51. The van der Waals surface area contributed by atoms with Gasteiger partial charge in [0, 0.05) is 43.6 Å². The van der Waals surface area contributed by atoms with Crippen molar-refractivity contribution < 1.29 is 0 Å². The molecule has 22 valence electrons. The van der Waals surface area contributed by atoms with Gasteiger partial charge in [-0.25, -0.2) is 0 Å². The number of hydrogen-bond acceptors (Lipinski definition) is 0. The molecule has 4 heavy (non-hydrogen) atoms. The summed E-state index contributed by atoms with van der Waals surface area (Å²) in [6.45, 7) is 1.89. The SMILES string of the molecule is CCCl.[Ca]. The number of alkyl halides is 1. The topological polar surface area (TPSA) is 0 Å². The van der Waals surface area contributed by atoms with Gasteiger partial charge in [0.25, 0.3) is 0 Å². The van der Waals surface area contributed by atoms with Crippen LogP contribution in [0.15, 0.2) is 0 Å². The van der Waals surface area contributed by atoms with E-state index in [2.05, 4.69) is 0 Å². The van der Waals surface area contributed by atoms with Crippen LogP contribution in [0.4, 0.5) is 0 Å². The minimum Gasteiger partial charge on any atom is -0.127 e. The molecule has 0 aliphatic carbocycles. The summed E-state index contributed by atoms with van der Waals surface area (Å²) < 4.78 is 0. The molecular weight excluding hydrogens is 99.6 g/mol. The van der Waals surface area contributed by atoms with E-state index in [1.54, 1.807) is 0 Å². The molecular formula is C2H5CaCl. The molecule has 0 aliphatic rings. The van der Waals surface area contributed by atoms with Crippen molar-refractivity contribution in [2.45, 2.75) is 6.92 Å². The largest absolute Gasteiger partial charge is 0.127 e. The Balaban J connectivity index is 0. The minimum absolute atomic E-state index is 0. The van der Waals surface area contributed by atoms with Gasteiger partial charge in [-0.2, -0.15) is 0 Å². The average Bonchev–Trinajstić information content (AvgIpc) is 0.918. The van der Waals surface area contributed by atoms with Crippen molar-refractivity contribution in [2.75, 3.05) is 5.88 Å². The van der Waals surface area contributed by atoms with Crippen molar-refractivity contribution in [3.63, 3.8) is 0 Å². The van der Waals surface area contributed by atoms with Gasteiger partial charge in [-0.15, -0.1) is 11.6 Å². The Morgan fingerprint density at radius 1 is 1.75 bits per heavy atom. The van der Waals surface area contributed by atoms with Crippen LogP contribution < -0.4 is 0 Å². The molecule has 0 rings (SSSR count). The molecule has 0 aliphatic heterocycles. The first-order valence-electron chi connectivity index (χ1n) is 0.974. The summed E-state index contributed by atoms with van der Waals surface area (Å²) in [7, 11) is 0. The predicted molar refractivity (Wildman–Crippen MR) is 22.1 cm³/mol. The van der Waals surface area contributed by atoms with Crippen LogP contribution in [0.3, 0.4) is 0 Å². The molecule has 0 saturated carbocycles. The van der Waals surface area contributed by atoms with E-state index in [4.69, 9.17) is 11.6 Å². The molecule has 2 radical (unpaired) electrons. The van der Waals surface area contributed by atoms with Gasteiger partial charge in [-0.3, -0.25) is 0 Å². The molecule has 0 nitrogen and oxygen atoms in total. The Labute approximate surface area is 61.5 Å². The fraction of sp³-hybridized carbons (Fsp3) is 1.00. The van der Waals surface area contributed by atoms with E-state index in [0.29, 0.717) is 0 Å². The van der Waals surface area contributed by atoms with E-state index < -0.39 is 0 Å². The zero-order valence-electron chi connectivity index (χ0n) is 2.79.